The largest absolute Gasteiger partial charge is 0.106 e. The van der Waals surface area contributed by atoms with Crippen LogP contribution < -0.4 is 0 Å². The van der Waals surface area contributed by atoms with E-state index >= 15 is 0 Å². The van der Waals surface area contributed by atoms with Gasteiger partial charge in [-0.15, -0.1) is 11.6 Å². The molecule has 1 rings (SSSR count). The lowest BCUT2D eigenvalue weighted by atomic mass is 10.00. The summed E-state index contributed by atoms with van der Waals surface area (Å²) in [5.74, 6) is 0. The Bertz CT molecular complexity index is 72.6. The van der Waals surface area contributed by atoms with Crippen LogP contribution in [0.5, 0.6) is 0 Å². The Morgan fingerprint density at radius 2 is 1.62 bits per heavy atom. The van der Waals surface area contributed by atoms with Gasteiger partial charge in [-0.2, -0.15) is 0 Å². The van der Waals surface area contributed by atoms with E-state index in [4.69, 9.17) is 24.2 Å². The molecule has 0 amide bonds. The van der Waals surface area contributed by atoms with Gasteiger partial charge in [0.05, 0.1) is 4.21 Å². The van der Waals surface area contributed by atoms with Crippen LogP contribution in [-0.2, 0) is 0 Å². The first-order valence-electron chi connectivity index (χ1n) is 3.10. The summed E-state index contributed by atoms with van der Waals surface area (Å²) >= 11 is 10.9. The molecule has 1 fully saturated rings. The normalized spacial score (nSPS) is 27.8. The van der Waals surface area contributed by atoms with Crippen molar-refractivity contribution >= 4 is 24.2 Å². The zero-order valence-electron chi connectivity index (χ0n) is 4.82. The van der Waals surface area contributed by atoms with E-state index in [1.165, 1.54) is 19.3 Å². The van der Waals surface area contributed by atoms with Crippen LogP contribution in [0.3, 0.4) is 0 Å². The lowest BCUT2D eigenvalue weighted by molar-refractivity contribution is 0.487. The molecule has 0 aromatic heterocycles. The molecule has 1 radical (unpaired) electrons. The lowest BCUT2D eigenvalue weighted by Crippen LogP contribution is -2.16. The summed E-state index contributed by atoms with van der Waals surface area (Å²) in [5, 5.41) is 0. The van der Waals surface area contributed by atoms with E-state index in [1.54, 1.807) is 0 Å². The molecule has 0 aromatic rings. The molecule has 0 nitrogen and oxygen atoms in total. The predicted molar refractivity (Wildman–Crippen MR) is 39.3 cm³/mol. The van der Waals surface area contributed by atoms with Gasteiger partial charge in [-0.3, -0.25) is 0 Å². The third-order valence-electron chi connectivity index (χ3n) is 1.60. The molecule has 0 spiro atoms. The quantitative estimate of drug-likeness (QED) is 0.465. The summed E-state index contributed by atoms with van der Waals surface area (Å²) in [4.78, 5) is 0. The molecule has 0 saturated heterocycles. The van der Waals surface area contributed by atoms with Crippen molar-refractivity contribution in [2.45, 2.75) is 36.3 Å². The summed E-state index contributed by atoms with van der Waals surface area (Å²) in [5.41, 5.74) is 0. The van der Waals surface area contributed by atoms with Gasteiger partial charge in [-0.25, -0.2) is 0 Å². The molecule has 8 heavy (non-hydrogen) atoms. The fourth-order valence-electron chi connectivity index (χ4n) is 1.08. The highest BCUT2D eigenvalue weighted by Gasteiger charge is 2.24. The van der Waals surface area contributed by atoms with Crippen LogP contribution in [-0.4, -0.2) is 4.21 Å². The van der Waals surface area contributed by atoms with E-state index in [0.717, 1.165) is 12.8 Å². The van der Waals surface area contributed by atoms with Crippen LogP contribution in [0.2, 0.25) is 0 Å². The van der Waals surface area contributed by atoms with Crippen LogP contribution in [0.15, 0.2) is 0 Å². The monoisotopic (exact) mass is 149 g/mol. The van der Waals surface area contributed by atoms with Gasteiger partial charge < -0.3 is 0 Å². The van der Waals surface area contributed by atoms with Gasteiger partial charge in [-0.1, -0.05) is 31.9 Å². The smallest absolute Gasteiger partial charge is 0.0999 e. The number of rotatable bonds is 0. The van der Waals surface area contributed by atoms with Crippen LogP contribution in [0.25, 0.3) is 0 Å². The molecule has 1 saturated carbocycles. The van der Waals surface area contributed by atoms with Gasteiger partial charge in [-0.05, 0) is 12.8 Å². The number of halogens is 1. The molecule has 0 bridgehead atoms. The molecular weight excluding hydrogens is 140 g/mol. The second kappa shape index (κ2) is 2.49. The Labute approximate surface area is 61.0 Å². The van der Waals surface area contributed by atoms with Gasteiger partial charge >= 0.3 is 0 Å². The predicted octanol–water partition coefficient (Wildman–Crippen LogP) is 3.08. The zero-order chi connectivity index (χ0) is 6.04. The Morgan fingerprint density at radius 3 is 1.88 bits per heavy atom. The lowest BCUT2D eigenvalue weighted by Gasteiger charge is -2.23. The molecule has 1 aliphatic rings. The average Bonchev–Trinajstić information content (AvgIpc) is 1.65. The summed E-state index contributed by atoms with van der Waals surface area (Å²) in [7, 11) is 0. The molecule has 0 aliphatic heterocycles. The SMILES string of the molecule is [S]C1(Cl)CCCCC1. The Morgan fingerprint density at radius 1 is 1.12 bits per heavy atom. The van der Waals surface area contributed by atoms with Crippen molar-refractivity contribution in [3.05, 3.63) is 0 Å². The van der Waals surface area contributed by atoms with Crippen molar-refractivity contribution in [2.75, 3.05) is 0 Å². The zero-order valence-corrected chi connectivity index (χ0v) is 6.39. The topological polar surface area (TPSA) is 0 Å². The Hall–Kier alpha value is 0.640. The van der Waals surface area contributed by atoms with E-state index in [9.17, 15) is 0 Å². The third-order valence-corrected chi connectivity index (χ3v) is 2.39. The van der Waals surface area contributed by atoms with Crippen molar-refractivity contribution in [3.8, 4) is 0 Å². The molecule has 1 aliphatic carbocycles. The fourth-order valence-corrected chi connectivity index (χ4v) is 1.64. The van der Waals surface area contributed by atoms with Gasteiger partial charge in [0, 0.05) is 0 Å². The highest BCUT2D eigenvalue weighted by atomic mass is 35.5. The van der Waals surface area contributed by atoms with E-state index in [0.29, 0.717) is 0 Å². The first-order valence-corrected chi connectivity index (χ1v) is 3.89. The van der Waals surface area contributed by atoms with Gasteiger partial charge in [0.1, 0.15) is 0 Å². The van der Waals surface area contributed by atoms with Crippen LogP contribution in [0.1, 0.15) is 32.1 Å². The molecule has 2 heteroatoms. The molecule has 0 aromatic carbocycles. The van der Waals surface area contributed by atoms with E-state index < -0.39 is 0 Å². The maximum atomic E-state index is 5.89. The second-order valence-corrected chi connectivity index (χ2v) is 4.17. The van der Waals surface area contributed by atoms with Crippen molar-refractivity contribution in [1.29, 1.82) is 0 Å². The second-order valence-electron chi connectivity index (χ2n) is 2.44. The van der Waals surface area contributed by atoms with Crippen LogP contribution >= 0.6 is 24.2 Å². The van der Waals surface area contributed by atoms with Gasteiger partial charge in [0.15, 0.2) is 0 Å². The maximum absolute atomic E-state index is 5.89. The third kappa shape index (κ3) is 1.87. The minimum Gasteiger partial charge on any atom is -0.106 e. The maximum Gasteiger partial charge on any atom is 0.0999 e. The fraction of sp³-hybridized carbons (Fsp3) is 1.00. The van der Waals surface area contributed by atoms with E-state index in [-0.39, 0.29) is 4.21 Å². The first-order chi connectivity index (χ1) is 3.71. The average molecular weight is 150 g/mol. The number of hydrogen-bond donors (Lipinski definition) is 0. The number of hydrogen-bond acceptors (Lipinski definition) is 0. The molecule has 0 N–H and O–H groups in total. The molecule has 0 heterocycles. The first kappa shape index (κ1) is 6.76. The van der Waals surface area contributed by atoms with Crippen molar-refractivity contribution in [3.63, 3.8) is 0 Å². The van der Waals surface area contributed by atoms with Gasteiger partial charge in [0.25, 0.3) is 0 Å². The molecule has 0 atom stereocenters. The molecule has 0 unspecified atom stereocenters. The summed E-state index contributed by atoms with van der Waals surface area (Å²) < 4.78 is -0.266. The van der Waals surface area contributed by atoms with Crippen LogP contribution in [0, 0.1) is 0 Å². The number of alkyl halides is 1. The Kier molecular flexibility index (Phi) is 2.10. The molecule has 47 valence electrons. The standard InChI is InChI=1S/C6H10ClS/c7-6(8)4-2-1-3-5-6/h1-5H2. The van der Waals surface area contributed by atoms with Crippen molar-refractivity contribution in [2.24, 2.45) is 0 Å². The van der Waals surface area contributed by atoms with E-state index in [1.807, 2.05) is 0 Å². The van der Waals surface area contributed by atoms with Crippen molar-refractivity contribution in [1.82, 2.24) is 0 Å². The summed E-state index contributed by atoms with van der Waals surface area (Å²) in [6.07, 6.45) is 5.85. The summed E-state index contributed by atoms with van der Waals surface area (Å²) in [6, 6.07) is 0. The Balaban J connectivity index is 2.33. The summed E-state index contributed by atoms with van der Waals surface area (Å²) in [6.45, 7) is 0. The highest BCUT2D eigenvalue weighted by molar-refractivity contribution is 7.83. The minimum atomic E-state index is -0.266. The highest BCUT2D eigenvalue weighted by Crippen LogP contribution is 2.36. The van der Waals surface area contributed by atoms with Crippen molar-refractivity contribution < 1.29 is 0 Å². The minimum absolute atomic E-state index is 0.266. The van der Waals surface area contributed by atoms with Gasteiger partial charge in [0.2, 0.25) is 0 Å². The van der Waals surface area contributed by atoms with Crippen LogP contribution in [0.4, 0.5) is 0 Å². The molecular formula is C6H10ClS. The van der Waals surface area contributed by atoms with E-state index in [2.05, 4.69) is 0 Å².